The van der Waals surface area contributed by atoms with Crippen LogP contribution < -0.4 is 16.0 Å². The van der Waals surface area contributed by atoms with E-state index in [0.717, 1.165) is 6.20 Å². The van der Waals surface area contributed by atoms with Crippen molar-refractivity contribution in [1.82, 2.24) is 9.97 Å². The lowest BCUT2D eigenvalue weighted by molar-refractivity contribution is 0.326. The highest BCUT2D eigenvalue weighted by molar-refractivity contribution is 5.26. The lowest BCUT2D eigenvalue weighted by atomic mass is 10.6. The predicted molar refractivity (Wildman–Crippen MR) is 45.5 cm³/mol. The van der Waals surface area contributed by atoms with Crippen molar-refractivity contribution in [2.75, 3.05) is 12.0 Å². The SMILES string of the molecule is C=CCOc1nc(NN)ncc1F. The average Bonchev–Trinajstić information content (AvgIpc) is 2.17. The summed E-state index contributed by atoms with van der Waals surface area (Å²) in [5, 5.41) is 0. The van der Waals surface area contributed by atoms with Gasteiger partial charge in [0.25, 0.3) is 5.88 Å². The summed E-state index contributed by atoms with van der Waals surface area (Å²) in [5.41, 5.74) is 2.18. The van der Waals surface area contributed by atoms with Crippen molar-refractivity contribution in [2.24, 2.45) is 5.84 Å². The van der Waals surface area contributed by atoms with E-state index in [1.54, 1.807) is 0 Å². The van der Waals surface area contributed by atoms with Crippen molar-refractivity contribution in [2.45, 2.75) is 0 Å². The zero-order valence-electron chi connectivity index (χ0n) is 6.83. The molecule has 70 valence electrons. The van der Waals surface area contributed by atoms with Gasteiger partial charge in [-0.25, -0.2) is 10.8 Å². The second-order valence-electron chi connectivity index (χ2n) is 2.09. The van der Waals surface area contributed by atoms with Crippen LogP contribution in [0.5, 0.6) is 5.88 Å². The van der Waals surface area contributed by atoms with Crippen LogP contribution >= 0.6 is 0 Å². The minimum absolute atomic E-state index is 0.0977. The molecule has 0 saturated carbocycles. The van der Waals surface area contributed by atoms with Crippen molar-refractivity contribution in [3.05, 3.63) is 24.7 Å². The molecule has 0 unspecified atom stereocenters. The number of nitrogens with one attached hydrogen (secondary N) is 1. The summed E-state index contributed by atoms with van der Waals surface area (Å²) in [7, 11) is 0. The third kappa shape index (κ3) is 2.38. The van der Waals surface area contributed by atoms with Gasteiger partial charge in [-0.15, -0.1) is 0 Å². The summed E-state index contributed by atoms with van der Waals surface area (Å²) >= 11 is 0. The molecule has 0 radical (unpaired) electrons. The molecule has 0 bridgehead atoms. The number of hydrazine groups is 1. The Morgan fingerprint density at radius 2 is 2.54 bits per heavy atom. The first kappa shape index (κ1) is 9.40. The Hall–Kier alpha value is -1.69. The van der Waals surface area contributed by atoms with E-state index in [0.29, 0.717) is 0 Å². The summed E-state index contributed by atoms with van der Waals surface area (Å²) in [6.45, 7) is 3.60. The maximum Gasteiger partial charge on any atom is 0.255 e. The van der Waals surface area contributed by atoms with Gasteiger partial charge >= 0.3 is 0 Å². The van der Waals surface area contributed by atoms with Crippen LogP contribution in [0.2, 0.25) is 0 Å². The molecule has 3 N–H and O–H groups in total. The van der Waals surface area contributed by atoms with Gasteiger partial charge in [-0.3, -0.25) is 5.43 Å². The fraction of sp³-hybridized carbons (Fsp3) is 0.143. The molecule has 6 heteroatoms. The predicted octanol–water partition coefficient (Wildman–Crippen LogP) is 0.466. The Morgan fingerprint density at radius 1 is 1.77 bits per heavy atom. The van der Waals surface area contributed by atoms with Gasteiger partial charge in [0, 0.05) is 0 Å². The number of rotatable bonds is 4. The largest absolute Gasteiger partial charge is 0.471 e. The Kier molecular flexibility index (Phi) is 3.15. The number of ether oxygens (including phenoxy) is 1. The van der Waals surface area contributed by atoms with Crippen LogP contribution in [0.15, 0.2) is 18.9 Å². The van der Waals surface area contributed by atoms with E-state index in [1.807, 2.05) is 0 Å². The second-order valence-corrected chi connectivity index (χ2v) is 2.09. The van der Waals surface area contributed by atoms with E-state index in [9.17, 15) is 4.39 Å². The fourth-order valence-electron chi connectivity index (χ4n) is 0.660. The van der Waals surface area contributed by atoms with Gasteiger partial charge < -0.3 is 4.74 Å². The van der Waals surface area contributed by atoms with Crippen molar-refractivity contribution in [1.29, 1.82) is 0 Å². The third-order valence-corrected chi connectivity index (χ3v) is 1.18. The van der Waals surface area contributed by atoms with Crippen molar-refractivity contribution in [3.8, 4) is 5.88 Å². The van der Waals surface area contributed by atoms with E-state index in [2.05, 4.69) is 22.0 Å². The summed E-state index contributed by atoms with van der Waals surface area (Å²) in [5.74, 6) is 4.33. The molecular formula is C7H9FN4O. The fourth-order valence-corrected chi connectivity index (χ4v) is 0.660. The molecule has 13 heavy (non-hydrogen) atoms. The molecule has 1 heterocycles. The average molecular weight is 184 g/mol. The van der Waals surface area contributed by atoms with E-state index in [-0.39, 0.29) is 18.4 Å². The third-order valence-electron chi connectivity index (χ3n) is 1.18. The molecule has 0 aliphatic rings. The molecule has 0 aromatic carbocycles. The molecule has 0 amide bonds. The molecule has 0 saturated heterocycles. The van der Waals surface area contributed by atoms with Crippen LogP contribution in [-0.2, 0) is 0 Å². The minimum atomic E-state index is -0.638. The first-order chi connectivity index (χ1) is 6.27. The zero-order valence-corrected chi connectivity index (χ0v) is 6.83. The normalized spacial score (nSPS) is 9.38. The Morgan fingerprint density at radius 3 is 3.15 bits per heavy atom. The Labute approximate surface area is 74.4 Å². The number of nitrogen functional groups attached to an aromatic ring is 1. The van der Waals surface area contributed by atoms with Crippen molar-refractivity contribution < 1.29 is 9.13 Å². The van der Waals surface area contributed by atoms with Crippen LogP contribution in [0, 0.1) is 5.82 Å². The highest BCUT2D eigenvalue weighted by Crippen LogP contribution is 2.13. The molecule has 0 aliphatic heterocycles. The lowest BCUT2D eigenvalue weighted by Crippen LogP contribution is -2.11. The number of hydrogen-bond acceptors (Lipinski definition) is 5. The number of nitrogens with two attached hydrogens (primary N) is 1. The lowest BCUT2D eigenvalue weighted by Gasteiger charge is -2.04. The molecule has 0 atom stereocenters. The quantitative estimate of drug-likeness (QED) is 0.404. The van der Waals surface area contributed by atoms with E-state index in [1.165, 1.54) is 6.08 Å². The monoisotopic (exact) mass is 184 g/mol. The molecule has 0 fully saturated rings. The van der Waals surface area contributed by atoms with Crippen LogP contribution in [0.1, 0.15) is 0 Å². The molecule has 1 rings (SSSR count). The van der Waals surface area contributed by atoms with Crippen LogP contribution in [-0.4, -0.2) is 16.6 Å². The first-order valence-electron chi connectivity index (χ1n) is 3.50. The molecular weight excluding hydrogens is 175 g/mol. The summed E-state index contributed by atoms with van der Waals surface area (Å²) in [4.78, 5) is 7.17. The van der Waals surface area contributed by atoms with Crippen LogP contribution in [0.25, 0.3) is 0 Å². The topological polar surface area (TPSA) is 73.1 Å². The standard InChI is InChI=1S/C7H9FN4O/c1-2-3-13-6-5(8)4-10-7(11-6)12-9/h2,4H,1,3,9H2,(H,10,11,12). The maximum absolute atomic E-state index is 12.9. The van der Waals surface area contributed by atoms with Crippen LogP contribution in [0.3, 0.4) is 0 Å². The summed E-state index contributed by atoms with van der Waals surface area (Å²) in [6, 6.07) is 0. The van der Waals surface area contributed by atoms with Gasteiger partial charge in [-0.05, 0) is 0 Å². The van der Waals surface area contributed by atoms with Gasteiger partial charge in [0.15, 0.2) is 0 Å². The summed E-state index contributed by atoms with van der Waals surface area (Å²) in [6.07, 6.45) is 2.46. The van der Waals surface area contributed by atoms with Crippen molar-refractivity contribution in [3.63, 3.8) is 0 Å². The Balaban J connectivity index is 2.83. The zero-order chi connectivity index (χ0) is 9.68. The minimum Gasteiger partial charge on any atom is -0.471 e. The van der Waals surface area contributed by atoms with E-state index >= 15 is 0 Å². The van der Waals surface area contributed by atoms with Crippen molar-refractivity contribution >= 4 is 5.95 Å². The van der Waals surface area contributed by atoms with Crippen LogP contribution in [0.4, 0.5) is 10.3 Å². The van der Waals surface area contributed by atoms with Gasteiger partial charge in [-0.2, -0.15) is 9.37 Å². The molecule has 1 aromatic heterocycles. The van der Waals surface area contributed by atoms with Gasteiger partial charge in [0.2, 0.25) is 11.8 Å². The molecule has 5 nitrogen and oxygen atoms in total. The smallest absolute Gasteiger partial charge is 0.255 e. The number of anilines is 1. The van der Waals surface area contributed by atoms with E-state index < -0.39 is 5.82 Å². The number of halogens is 1. The first-order valence-corrected chi connectivity index (χ1v) is 3.50. The number of aromatic nitrogens is 2. The van der Waals surface area contributed by atoms with Gasteiger partial charge in [-0.1, -0.05) is 12.7 Å². The second kappa shape index (κ2) is 4.36. The number of hydrogen-bond donors (Lipinski definition) is 2. The highest BCUT2D eigenvalue weighted by atomic mass is 19.1. The molecule has 0 spiro atoms. The Bertz CT molecular complexity index is 305. The summed E-state index contributed by atoms with van der Waals surface area (Å²) < 4.78 is 17.8. The molecule has 1 aromatic rings. The maximum atomic E-state index is 12.9. The highest BCUT2D eigenvalue weighted by Gasteiger charge is 2.06. The number of nitrogens with zero attached hydrogens (tertiary/aromatic N) is 2. The molecule has 0 aliphatic carbocycles. The van der Waals surface area contributed by atoms with E-state index in [4.69, 9.17) is 10.6 Å². The van der Waals surface area contributed by atoms with Gasteiger partial charge in [0.1, 0.15) is 6.61 Å². The van der Waals surface area contributed by atoms with Gasteiger partial charge in [0.05, 0.1) is 6.20 Å².